The Morgan fingerprint density at radius 2 is 1.86 bits per heavy atom. The summed E-state index contributed by atoms with van der Waals surface area (Å²) in [5.74, 6) is -0.550. The second-order valence-corrected chi connectivity index (χ2v) is 6.24. The number of para-hydroxylation sites is 1. The Balaban J connectivity index is 1.59. The summed E-state index contributed by atoms with van der Waals surface area (Å²) in [7, 11) is 0. The van der Waals surface area contributed by atoms with Crippen molar-refractivity contribution in [1.29, 1.82) is 0 Å². The van der Waals surface area contributed by atoms with Gasteiger partial charge in [-0.3, -0.25) is 9.59 Å². The standard InChI is InChI=1S/C20H17ClFN3O3/c21-16-10-13(22)7-8-18(16)25-19(26)12-23-17-6-2-1-5-15(17)20(27)24-11-14-4-3-9-28-14/h1-10,23H,11-12H2,(H,24,27)(H,25,26). The first-order valence-corrected chi connectivity index (χ1v) is 8.79. The third-order valence-electron chi connectivity index (χ3n) is 3.82. The van der Waals surface area contributed by atoms with Gasteiger partial charge in [0.05, 0.1) is 35.6 Å². The molecular formula is C20H17ClFN3O3. The fourth-order valence-electron chi connectivity index (χ4n) is 2.47. The van der Waals surface area contributed by atoms with Gasteiger partial charge in [-0.25, -0.2) is 4.39 Å². The molecule has 2 aromatic carbocycles. The van der Waals surface area contributed by atoms with E-state index in [4.69, 9.17) is 16.0 Å². The van der Waals surface area contributed by atoms with Crippen LogP contribution in [0, 0.1) is 5.82 Å². The van der Waals surface area contributed by atoms with Crippen molar-refractivity contribution in [3.8, 4) is 0 Å². The Bertz CT molecular complexity index is 977. The third kappa shape index (κ3) is 5.11. The van der Waals surface area contributed by atoms with Gasteiger partial charge in [0.25, 0.3) is 5.91 Å². The van der Waals surface area contributed by atoms with Crippen molar-refractivity contribution in [2.75, 3.05) is 17.2 Å². The number of benzene rings is 2. The first-order chi connectivity index (χ1) is 13.5. The fraction of sp³-hybridized carbons (Fsp3) is 0.100. The van der Waals surface area contributed by atoms with E-state index >= 15 is 0 Å². The second kappa shape index (κ2) is 9.05. The number of halogens is 2. The fourth-order valence-corrected chi connectivity index (χ4v) is 2.69. The SMILES string of the molecule is O=C(CNc1ccccc1C(=O)NCc1ccco1)Nc1ccc(F)cc1Cl. The molecule has 0 aliphatic carbocycles. The molecule has 6 nitrogen and oxygen atoms in total. The van der Waals surface area contributed by atoms with Crippen LogP contribution in [-0.4, -0.2) is 18.4 Å². The maximum absolute atomic E-state index is 13.1. The molecule has 0 saturated heterocycles. The lowest BCUT2D eigenvalue weighted by Crippen LogP contribution is -2.26. The highest BCUT2D eigenvalue weighted by Gasteiger charge is 2.13. The highest BCUT2D eigenvalue weighted by atomic mass is 35.5. The van der Waals surface area contributed by atoms with E-state index in [0.717, 1.165) is 6.07 Å². The van der Waals surface area contributed by atoms with Gasteiger partial charge in [-0.05, 0) is 42.5 Å². The summed E-state index contributed by atoms with van der Waals surface area (Å²) in [4.78, 5) is 24.6. The molecule has 0 bridgehead atoms. The van der Waals surface area contributed by atoms with Crippen LogP contribution >= 0.6 is 11.6 Å². The normalized spacial score (nSPS) is 10.4. The van der Waals surface area contributed by atoms with E-state index in [0.29, 0.717) is 22.7 Å². The molecule has 0 radical (unpaired) electrons. The Morgan fingerprint density at radius 1 is 1.04 bits per heavy atom. The van der Waals surface area contributed by atoms with Crippen LogP contribution in [0.1, 0.15) is 16.1 Å². The van der Waals surface area contributed by atoms with Gasteiger partial charge < -0.3 is 20.4 Å². The van der Waals surface area contributed by atoms with Crippen molar-refractivity contribution in [3.63, 3.8) is 0 Å². The van der Waals surface area contributed by atoms with Crippen molar-refractivity contribution in [2.24, 2.45) is 0 Å². The lowest BCUT2D eigenvalue weighted by atomic mass is 10.1. The molecule has 2 amide bonds. The Kier molecular flexibility index (Phi) is 6.29. The van der Waals surface area contributed by atoms with Crippen LogP contribution in [-0.2, 0) is 11.3 Å². The van der Waals surface area contributed by atoms with E-state index in [1.165, 1.54) is 18.4 Å². The van der Waals surface area contributed by atoms with Crippen molar-refractivity contribution in [1.82, 2.24) is 5.32 Å². The molecule has 0 aliphatic rings. The number of furan rings is 1. The first-order valence-electron chi connectivity index (χ1n) is 8.41. The molecule has 0 saturated carbocycles. The monoisotopic (exact) mass is 401 g/mol. The van der Waals surface area contributed by atoms with Crippen LogP contribution in [0.15, 0.2) is 65.3 Å². The van der Waals surface area contributed by atoms with Gasteiger partial charge in [-0.1, -0.05) is 23.7 Å². The summed E-state index contributed by atoms with van der Waals surface area (Å²) >= 11 is 5.90. The van der Waals surface area contributed by atoms with E-state index < -0.39 is 5.82 Å². The van der Waals surface area contributed by atoms with E-state index in [1.807, 2.05) is 0 Å². The van der Waals surface area contributed by atoms with Crippen LogP contribution in [0.2, 0.25) is 5.02 Å². The molecular weight excluding hydrogens is 385 g/mol. The highest BCUT2D eigenvalue weighted by Crippen LogP contribution is 2.22. The average Bonchev–Trinajstić information content (AvgIpc) is 3.20. The minimum Gasteiger partial charge on any atom is -0.467 e. The lowest BCUT2D eigenvalue weighted by molar-refractivity contribution is -0.114. The van der Waals surface area contributed by atoms with Crippen LogP contribution in [0.3, 0.4) is 0 Å². The van der Waals surface area contributed by atoms with Gasteiger partial charge in [0.2, 0.25) is 5.91 Å². The molecule has 144 valence electrons. The van der Waals surface area contributed by atoms with E-state index in [2.05, 4.69) is 16.0 Å². The van der Waals surface area contributed by atoms with Crippen LogP contribution < -0.4 is 16.0 Å². The van der Waals surface area contributed by atoms with Gasteiger partial charge in [-0.2, -0.15) is 0 Å². The second-order valence-electron chi connectivity index (χ2n) is 5.83. The van der Waals surface area contributed by atoms with Gasteiger partial charge in [-0.15, -0.1) is 0 Å². The number of carbonyl (C=O) groups excluding carboxylic acids is 2. The Morgan fingerprint density at radius 3 is 2.61 bits per heavy atom. The Labute approximate surface area is 165 Å². The van der Waals surface area contributed by atoms with Gasteiger partial charge in [0.1, 0.15) is 11.6 Å². The van der Waals surface area contributed by atoms with E-state index in [1.54, 1.807) is 36.4 Å². The molecule has 3 N–H and O–H groups in total. The lowest BCUT2D eigenvalue weighted by Gasteiger charge is -2.12. The predicted octanol–water partition coefficient (Wildman–Crippen LogP) is 4.05. The number of hydrogen-bond donors (Lipinski definition) is 3. The largest absolute Gasteiger partial charge is 0.467 e. The van der Waals surface area contributed by atoms with Crippen molar-refractivity contribution >= 4 is 34.8 Å². The van der Waals surface area contributed by atoms with Crippen molar-refractivity contribution in [3.05, 3.63) is 83.0 Å². The quantitative estimate of drug-likeness (QED) is 0.557. The number of nitrogens with one attached hydrogen (secondary N) is 3. The van der Waals surface area contributed by atoms with Gasteiger partial charge in [0.15, 0.2) is 0 Å². The minimum atomic E-state index is -0.490. The summed E-state index contributed by atoms with van der Waals surface area (Å²) in [5.41, 5.74) is 1.20. The summed E-state index contributed by atoms with van der Waals surface area (Å²) in [6.07, 6.45) is 1.53. The molecule has 0 aliphatic heterocycles. The maximum atomic E-state index is 13.1. The molecule has 0 spiro atoms. The Hall–Kier alpha value is -3.32. The number of amides is 2. The predicted molar refractivity (Wildman–Crippen MR) is 105 cm³/mol. The molecule has 0 atom stereocenters. The minimum absolute atomic E-state index is 0.101. The van der Waals surface area contributed by atoms with Gasteiger partial charge >= 0.3 is 0 Å². The molecule has 3 aromatic rings. The van der Waals surface area contributed by atoms with E-state index in [9.17, 15) is 14.0 Å². The molecule has 8 heteroatoms. The topological polar surface area (TPSA) is 83.4 Å². The highest BCUT2D eigenvalue weighted by molar-refractivity contribution is 6.33. The average molecular weight is 402 g/mol. The molecule has 0 fully saturated rings. The zero-order chi connectivity index (χ0) is 19.9. The summed E-state index contributed by atoms with van der Waals surface area (Å²) < 4.78 is 18.3. The molecule has 28 heavy (non-hydrogen) atoms. The molecule has 3 rings (SSSR count). The number of rotatable bonds is 7. The van der Waals surface area contributed by atoms with Crippen molar-refractivity contribution in [2.45, 2.75) is 6.54 Å². The van der Waals surface area contributed by atoms with Crippen LogP contribution in [0.4, 0.5) is 15.8 Å². The summed E-state index contributed by atoms with van der Waals surface area (Å²) in [6.45, 7) is 0.153. The van der Waals surface area contributed by atoms with Crippen molar-refractivity contribution < 1.29 is 18.4 Å². The molecule has 1 aromatic heterocycles. The first kappa shape index (κ1) is 19.4. The molecule has 0 unspecified atom stereocenters. The van der Waals surface area contributed by atoms with Crippen LogP contribution in [0.25, 0.3) is 0 Å². The zero-order valence-corrected chi connectivity index (χ0v) is 15.4. The van der Waals surface area contributed by atoms with Crippen LogP contribution in [0.5, 0.6) is 0 Å². The number of hydrogen-bond acceptors (Lipinski definition) is 4. The molecule has 1 heterocycles. The number of carbonyl (C=O) groups is 2. The summed E-state index contributed by atoms with van der Waals surface area (Å²) in [5, 5.41) is 8.37. The smallest absolute Gasteiger partial charge is 0.253 e. The van der Waals surface area contributed by atoms with E-state index in [-0.39, 0.29) is 29.9 Å². The third-order valence-corrected chi connectivity index (χ3v) is 4.13. The summed E-state index contributed by atoms with van der Waals surface area (Å²) in [6, 6.07) is 14.0. The zero-order valence-electron chi connectivity index (χ0n) is 14.7. The van der Waals surface area contributed by atoms with Gasteiger partial charge in [0, 0.05) is 5.69 Å². The maximum Gasteiger partial charge on any atom is 0.253 e. The number of anilines is 2.